The maximum absolute atomic E-state index is 13.7. The minimum atomic E-state index is -1.23. The molecular formula is C15H16F3NO2. The van der Waals surface area contributed by atoms with Gasteiger partial charge in [-0.25, -0.2) is 13.2 Å². The molecule has 1 aromatic rings. The fourth-order valence-electron chi connectivity index (χ4n) is 3.80. The maximum atomic E-state index is 13.7. The number of nitrogens with zero attached hydrogens (tertiary/aromatic N) is 1. The number of hydrogen-bond donors (Lipinski definition) is 1. The zero-order valence-corrected chi connectivity index (χ0v) is 11.4. The van der Waals surface area contributed by atoms with Gasteiger partial charge in [0.1, 0.15) is 11.9 Å². The maximum Gasteiger partial charge on any atom is 0.321 e. The lowest BCUT2D eigenvalue weighted by Crippen LogP contribution is -2.39. The van der Waals surface area contributed by atoms with Crippen molar-refractivity contribution in [3.8, 4) is 0 Å². The van der Waals surface area contributed by atoms with Crippen LogP contribution in [0.25, 0.3) is 0 Å². The van der Waals surface area contributed by atoms with Crippen LogP contribution in [-0.2, 0) is 11.3 Å². The highest BCUT2D eigenvalue weighted by Crippen LogP contribution is 2.42. The van der Waals surface area contributed by atoms with Gasteiger partial charge in [-0.05, 0) is 30.7 Å². The van der Waals surface area contributed by atoms with Crippen LogP contribution in [0.3, 0.4) is 0 Å². The first-order valence-corrected chi connectivity index (χ1v) is 7.07. The Morgan fingerprint density at radius 3 is 2.62 bits per heavy atom. The first kappa shape index (κ1) is 14.4. The van der Waals surface area contributed by atoms with Gasteiger partial charge in [0, 0.05) is 24.7 Å². The lowest BCUT2D eigenvalue weighted by atomic mass is 9.94. The van der Waals surface area contributed by atoms with Gasteiger partial charge in [0.25, 0.3) is 0 Å². The summed E-state index contributed by atoms with van der Waals surface area (Å²) in [5, 5.41) is 9.41. The number of carboxylic acids is 1. The van der Waals surface area contributed by atoms with E-state index in [2.05, 4.69) is 0 Å². The van der Waals surface area contributed by atoms with E-state index < -0.39 is 29.5 Å². The number of carbonyl (C=O) groups is 1. The van der Waals surface area contributed by atoms with Crippen molar-refractivity contribution in [1.29, 1.82) is 0 Å². The van der Waals surface area contributed by atoms with E-state index in [4.69, 9.17) is 0 Å². The van der Waals surface area contributed by atoms with Gasteiger partial charge in [0.05, 0.1) is 0 Å². The minimum absolute atomic E-state index is 0.000114. The molecule has 1 heterocycles. The molecule has 3 unspecified atom stereocenters. The van der Waals surface area contributed by atoms with E-state index >= 15 is 0 Å². The summed E-state index contributed by atoms with van der Waals surface area (Å²) in [5.74, 6) is -3.72. The first-order chi connectivity index (χ1) is 9.97. The Bertz CT molecular complexity index is 578. The third-order valence-electron chi connectivity index (χ3n) is 4.70. The zero-order chi connectivity index (χ0) is 15.1. The second kappa shape index (κ2) is 5.33. The topological polar surface area (TPSA) is 40.5 Å². The molecule has 0 spiro atoms. The van der Waals surface area contributed by atoms with Crippen molar-refractivity contribution in [2.24, 2.45) is 11.8 Å². The Morgan fingerprint density at radius 2 is 1.90 bits per heavy atom. The summed E-state index contributed by atoms with van der Waals surface area (Å²) in [4.78, 5) is 13.2. The molecule has 0 bridgehead atoms. The molecule has 3 rings (SSSR count). The monoisotopic (exact) mass is 299 g/mol. The van der Waals surface area contributed by atoms with Crippen molar-refractivity contribution in [2.45, 2.75) is 31.8 Å². The fraction of sp³-hybridized carbons (Fsp3) is 0.533. The summed E-state index contributed by atoms with van der Waals surface area (Å²) in [6.07, 6.45) is 2.86. The van der Waals surface area contributed by atoms with Gasteiger partial charge in [0.2, 0.25) is 0 Å². The van der Waals surface area contributed by atoms with Crippen LogP contribution in [0.5, 0.6) is 0 Å². The molecule has 21 heavy (non-hydrogen) atoms. The smallest absolute Gasteiger partial charge is 0.321 e. The molecule has 1 saturated heterocycles. The SMILES string of the molecule is O=C(O)C1C2CCCC2CN1Cc1cc(F)c(F)cc1F. The molecule has 3 nitrogen and oxygen atoms in total. The standard InChI is InChI=1S/C15H16F3NO2/c16-11-5-13(18)12(17)4-9(11)7-19-6-8-2-1-3-10(8)14(19)15(20)21/h4-5,8,10,14H,1-3,6-7H2,(H,20,21). The van der Waals surface area contributed by atoms with Crippen molar-refractivity contribution in [3.63, 3.8) is 0 Å². The van der Waals surface area contributed by atoms with E-state index in [0.29, 0.717) is 18.5 Å². The summed E-state index contributed by atoms with van der Waals surface area (Å²) >= 11 is 0. The number of fused-ring (bicyclic) bond motifs is 1. The number of likely N-dealkylation sites (tertiary alicyclic amines) is 1. The van der Waals surface area contributed by atoms with Crippen molar-refractivity contribution in [1.82, 2.24) is 4.90 Å². The fourth-order valence-corrected chi connectivity index (χ4v) is 3.80. The number of halogens is 3. The molecule has 6 heteroatoms. The predicted molar refractivity (Wildman–Crippen MR) is 69.0 cm³/mol. The van der Waals surface area contributed by atoms with E-state index in [1.54, 1.807) is 4.90 Å². The van der Waals surface area contributed by atoms with Gasteiger partial charge in [-0.3, -0.25) is 9.69 Å². The van der Waals surface area contributed by atoms with Crippen LogP contribution in [-0.4, -0.2) is 28.6 Å². The van der Waals surface area contributed by atoms with Gasteiger partial charge in [0.15, 0.2) is 11.6 Å². The second-order valence-corrected chi connectivity index (χ2v) is 5.93. The normalized spacial score (nSPS) is 28.8. The largest absolute Gasteiger partial charge is 0.480 e. The van der Waals surface area contributed by atoms with E-state index in [-0.39, 0.29) is 18.0 Å². The highest BCUT2D eigenvalue weighted by atomic mass is 19.2. The van der Waals surface area contributed by atoms with Gasteiger partial charge in [-0.1, -0.05) is 6.42 Å². The quantitative estimate of drug-likeness (QED) is 0.873. The summed E-state index contributed by atoms with van der Waals surface area (Å²) in [6, 6.07) is 0.666. The van der Waals surface area contributed by atoms with Gasteiger partial charge >= 0.3 is 5.97 Å². The van der Waals surface area contributed by atoms with E-state index in [1.165, 1.54) is 0 Å². The number of carboxylic acid groups (broad SMARTS) is 1. The summed E-state index contributed by atoms with van der Waals surface area (Å²) in [6.45, 7) is 0.563. The molecule has 0 aromatic heterocycles. The van der Waals surface area contributed by atoms with E-state index in [0.717, 1.165) is 25.3 Å². The third-order valence-corrected chi connectivity index (χ3v) is 4.70. The van der Waals surface area contributed by atoms with Crippen LogP contribution in [0.2, 0.25) is 0 Å². The van der Waals surface area contributed by atoms with Crippen LogP contribution >= 0.6 is 0 Å². The molecule has 0 radical (unpaired) electrons. The Labute approximate surface area is 120 Å². The molecule has 2 fully saturated rings. The number of rotatable bonds is 3. The van der Waals surface area contributed by atoms with E-state index in [9.17, 15) is 23.1 Å². The molecule has 1 saturated carbocycles. The van der Waals surface area contributed by atoms with Crippen molar-refractivity contribution < 1.29 is 23.1 Å². The molecule has 2 aliphatic rings. The number of hydrogen-bond acceptors (Lipinski definition) is 2. The summed E-state index contributed by atoms with van der Waals surface area (Å²) < 4.78 is 39.9. The molecule has 1 N–H and O–H groups in total. The van der Waals surface area contributed by atoms with Crippen LogP contribution in [0.15, 0.2) is 12.1 Å². The Morgan fingerprint density at radius 1 is 1.19 bits per heavy atom. The third kappa shape index (κ3) is 2.52. The molecule has 3 atom stereocenters. The highest BCUT2D eigenvalue weighted by molar-refractivity contribution is 5.74. The number of benzene rings is 1. The number of aliphatic carboxylic acids is 1. The molecule has 1 aliphatic carbocycles. The Balaban J connectivity index is 1.84. The van der Waals surface area contributed by atoms with Crippen molar-refractivity contribution >= 4 is 5.97 Å². The minimum Gasteiger partial charge on any atom is -0.480 e. The highest BCUT2D eigenvalue weighted by Gasteiger charge is 2.47. The van der Waals surface area contributed by atoms with Crippen LogP contribution in [0.4, 0.5) is 13.2 Å². The van der Waals surface area contributed by atoms with Crippen LogP contribution in [0.1, 0.15) is 24.8 Å². The summed E-state index contributed by atoms with van der Waals surface area (Å²) in [5.41, 5.74) is 0.000114. The Hall–Kier alpha value is -1.56. The van der Waals surface area contributed by atoms with Gasteiger partial charge in [-0.2, -0.15) is 0 Å². The lowest BCUT2D eigenvalue weighted by molar-refractivity contribution is -0.143. The Kier molecular flexibility index (Phi) is 3.65. The summed E-state index contributed by atoms with van der Waals surface area (Å²) in [7, 11) is 0. The van der Waals surface area contributed by atoms with Crippen LogP contribution in [0, 0.1) is 29.3 Å². The molecule has 0 amide bonds. The second-order valence-electron chi connectivity index (χ2n) is 5.93. The molecule has 1 aliphatic heterocycles. The van der Waals surface area contributed by atoms with Gasteiger partial charge in [-0.15, -0.1) is 0 Å². The molecular weight excluding hydrogens is 283 g/mol. The lowest BCUT2D eigenvalue weighted by Gasteiger charge is -2.24. The van der Waals surface area contributed by atoms with Crippen molar-refractivity contribution in [3.05, 3.63) is 35.1 Å². The molecule has 114 valence electrons. The van der Waals surface area contributed by atoms with Crippen LogP contribution < -0.4 is 0 Å². The first-order valence-electron chi connectivity index (χ1n) is 7.07. The average Bonchev–Trinajstić information content (AvgIpc) is 2.95. The van der Waals surface area contributed by atoms with E-state index in [1.807, 2.05) is 0 Å². The predicted octanol–water partition coefficient (Wildman–Crippen LogP) is 2.79. The average molecular weight is 299 g/mol. The van der Waals surface area contributed by atoms with Crippen molar-refractivity contribution in [2.75, 3.05) is 6.54 Å². The zero-order valence-electron chi connectivity index (χ0n) is 11.4. The molecule has 1 aromatic carbocycles. The van der Waals surface area contributed by atoms with Gasteiger partial charge < -0.3 is 5.11 Å².